The Balaban J connectivity index is 1.66. The molecule has 0 aliphatic heterocycles. The highest BCUT2D eigenvalue weighted by atomic mass is 79.9. The summed E-state index contributed by atoms with van der Waals surface area (Å²) >= 11 is 9.65. The highest BCUT2D eigenvalue weighted by Crippen LogP contribution is 2.28. The van der Waals surface area contributed by atoms with Crippen LogP contribution in [0.1, 0.15) is 10.4 Å². The number of aromatic nitrogens is 5. The van der Waals surface area contributed by atoms with Gasteiger partial charge in [0.05, 0.1) is 28.9 Å². The molecule has 134 valence electrons. The third-order valence-corrected chi connectivity index (χ3v) is 4.57. The lowest BCUT2D eigenvalue weighted by Crippen LogP contribution is -2.02. The molecule has 0 bridgehead atoms. The zero-order chi connectivity index (χ0) is 19.0. The van der Waals surface area contributed by atoms with Crippen LogP contribution in [-0.2, 0) is 4.74 Å². The highest BCUT2D eigenvalue weighted by Gasteiger charge is 2.13. The summed E-state index contributed by atoms with van der Waals surface area (Å²) in [6, 6.07) is 7.07. The first kappa shape index (κ1) is 17.6. The molecule has 0 unspecified atom stereocenters. The molecule has 0 aromatic carbocycles. The number of esters is 1. The summed E-state index contributed by atoms with van der Waals surface area (Å²) in [5, 5.41) is 0.338. The molecule has 0 aliphatic carbocycles. The number of H-pyrrole nitrogens is 1. The number of nitrogens with zero attached hydrogens (tertiary/aromatic N) is 4. The van der Waals surface area contributed by atoms with Gasteiger partial charge in [0.25, 0.3) is 0 Å². The van der Waals surface area contributed by atoms with Crippen molar-refractivity contribution in [3.63, 3.8) is 0 Å². The molecule has 0 fully saturated rings. The molecule has 0 atom stereocenters. The van der Waals surface area contributed by atoms with Crippen molar-refractivity contribution in [2.45, 2.75) is 0 Å². The normalized spacial score (nSPS) is 10.9. The van der Waals surface area contributed by atoms with E-state index in [2.05, 4.69) is 45.6 Å². The van der Waals surface area contributed by atoms with Crippen LogP contribution in [0, 0.1) is 0 Å². The number of carbonyl (C=O) groups is 1. The molecule has 0 spiro atoms. The zero-order valence-corrected chi connectivity index (χ0v) is 16.2. The topological polar surface area (TPSA) is 93.6 Å². The van der Waals surface area contributed by atoms with Gasteiger partial charge in [-0.15, -0.1) is 0 Å². The quantitative estimate of drug-likeness (QED) is 0.474. The van der Waals surface area contributed by atoms with Crippen LogP contribution in [0.15, 0.2) is 47.3 Å². The number of methoxy groups -OCH3 is 1. The lowest BCUT2D eigenvalue weighted by atomic mass is 10.1. The molecule has 0 aliphatic rings. The van der Waals surface area contributed by atoms with Gasteiger partial charge in [-0.1, -0.05) is 11.6 Å². The predicted octanol–water partition coefficient (Wildman–Crippen LogP) is 4.28. The van der Waals surface area contributed by atoms with Crippen molar-refractivity contribution in [2.75, 3.05) is 7.11 Å². The van der Waals surface area contributed by atoms with Gasteiger partial charge in [0.1, 0.15) is 5.69 Å². The first-order chi connectivity index (χ1) is 13.0. The maximum atomic E-state index is 11.6. The van der Waals surface area contributed by atoms with E-state index >= 15 is 0 Å². The summed E-state index contributed by atoms with van der Waals surface area (Å²) in [4.78, 5) is 32.1. The van der Waals surface area contributed by atoms with Crippen LogP contribution >= 0.6 is 27.5 Å². The Hall–Kier alpha value is -2.84. The summed E-state index contributed by atoms with van der Waals surface area (Å²) in [6.07, 6.45) is 4.76. The Morgan fingerprint density at radius 3 is 2.70 bits per heavy atom. The highest BCUT2D eigenvalue weighted by molar-refractivity contribution is 9.10. The van der Waals surface area contributed by atoms with Gasteiger partial charge >= 0.3 is 5.97 Å². The van der Waals surface area contributed by atoms with Crippen LogP contribution < -0.4 is 0 Å². The van der Waals surface area contributed by atoms with E-state index in [1.54, 1.807) is 12.4 Å². The van der Waals surface area contributed by atoms with E-state index in [-0.39, 0.29) is 5.56 Å². The van der Waals surface area contributed by atoms with Crippen LogP contribution in [0.4, 0.5) is 0 Å². The number of carbonyl (C=O) groups excluding carboxylic acids is 1. The Kier molecular flexibility index (Phi) is 4.59. The molecule has 0 saturated carbocycles. The number of ether oxygens (including phenoxy) is 1. The van der Waals surface area contributed by atoms with E-state index in [1.165, 1.54) is 19.4 Å². The lowest BCUT2D eigenvalue weighted by molar-refractivity contribution is 0.0600. The number of rotatable bonds is 3. The number of nitrogens with one attached hydrogen (secondary N) is 1. The molecule has 0 radical (unpaired) electrons. The molecule has 0 saturated heterocycles. The van der Waals surface area contributed by atoms with Crippen molar-refractivity contribution in [2.24, 2.45) is 0 Å². The molecule has 4 aromatic rings. The third kappa shape index (κ3) is 3.41. The number of hydrogen-bond acceptors (Lipinski definition) is 6. The van der Waals surface area contributed by atoms with Crippen molar-refractivity contribution in [3.05, 3.63) is 57.9 Å². The minimum Gasteiger partial charge on any atom is -0.465 e. The zero-order valence-electron chi connectivity index (χ0n) is 13.9. The Morgan fingerprint density at radius 1 is 1.15 bits per heavy atom. The maximum absolute atomic E-state index is 11.6. The fourth-order valence-corrected chi connectivity index (χ4v) is 3.16. The van der Waals surface area contributed by atoms with Gasteiger partial charge in [-0.05, 0) is 40.2 Å². The first-order valence-corrected chi connectivity index (χ1v) is 8.94. The Bertz CT molecular complexity index is 1160. The smallest absolute Gasteiger partial charge is 0.339 e. The molecule has 4 heterocycles. The summed E-state index contributed by atoms with van der Waals surface area (Å²) in [6.45, 7) is 0. The SMILES string of the molecule is COC(=O)c1cnc(-c2ccc(-c3nc4ncc(Br)cc4[nH]3)nc2)c(Cl)c1. The monoisotopic (exact) mass is 443 g/mol. The standard InChI is InChI=1S/C18H11BrClN5O2/c1-27-18(26)10-4-12(20)15(22-7-10)9-2-3-13(21-6-9)17-24-14-5-11(19)8-23-16(14)25-17/h2-8H,1H3,(H,23,24,25). The fourth-order valence-electron chi connectivity index (χ4n) is 2.55. The summed E-state index contributed by atoms with van der Waals surface area (Å²) in [7, 11) is 1.30. The molecule has 9 heteroatoms. The minimum absolute atomic E-state index is 0.289. The fraction of sp³-hybridized carbons (Fsp3) is 0.0556. The van der Waals surface area contributed by atoms with Crippen molar-refractivity contribution in [1.29, 1.82) is 0 Å². The Labute approximate surface area is 166 Å². The van der Waals surface area contributed by atoms with Crippen LogP contribution in [0.25, 0.3) is 33.9 Å². The van der Waals surface area contributed by atoms with Gasteiger partial charge in [0.2, 0.25) is 0 Å². The average Bonchev–Trinajstić information content (AvgIpc) is 3.10. The van der Waals surface area contributed by atoms with E-state index in [9.17, 15) is 4.79 Å². The van der Waals surface area contributed by atoms with E-state index in [4.69, 9.17) is 11.6 Å². The summed E-state index contributed by atoms with van der Waals surface area (Å²) in [5.41, 5.74) is 3.62. The van der Waals surface area contributed by atoms with Crippen molar-refractivity contribution in [1.82, 2.24) is 24.9 Å². The Morgan fingerprint density at radius 2 is 2.00 bits per heavy atom. The van der Waals surface area contributed by atoms with Crippen LogP contribution in [0.3, 0.4) is 0 Å². The minimum atomic E-state index is -0.491. The molecule has 4 aromatic heterocycles. The van der Waals surface area contributed by atoms with Crippen LogP contribution in [0.5, 0.6) is 0 Å². The van der Waals surface area contributed by atoms with E-state index in [0.717, 1.165) is 15.6 Å². The molecule has 0 amide bonds. The number of aromatic amines is 1. The number of fused-ring (bicyclic) bond motifs is 1. The molecule has 27 heavy (non-hydrogen) atoms. The van der Waals surface area contributed by atoms with E-state index in [1.807, 2.05) is 18.2 Å². The summed E-state index contributed by atoms with van der Waals surface area (Å²) in [5.74, 6) is 0.122. The molecule has 1 N–H and O–H groups in total. The lowest BCUT2D eigenvalue weighted by Gasteiger charge is -2.06. The van der Waals surface area contributed by atoms with Gasteiger partial charge in [-0.2, -0.15) is 0 Å². The molecule has 7 nitrogen and oxygen atoms in total. The molecular formula is C18H11BrClN5O2. The third-order valence-electron chi connectivity index (χ3n) is 3.85. The molecular weight excluding hydrogens is 434 g/mol. The van der Waals surface area contributed by atoms with Gasteiger partial charge in [0, 0.05) is 28.6 Å². The van der Waals surface area contributed by atoms with Crippen LogP contribution in [-0.4, -0.2) is 38.0 Å². The number of imidazole rings is 1. The second-order valence-corrected chi connectivity index (χ2v) is 6.91. The second-order valence-electron chi connectivity index (χ2n) is 5.59. The van der Waals surface area contributed by atoms with E-state index in [0.29, 0.717) is 27.9 Å². The number of hydrogen-bond donors (Lipinski definition) is 1. The van der Waals surface area contributed by atoms with Crippen molar-refractivity contribution < 1.29 is 9.53 Å². The van der Waals surface area contributed by atoms with Gasteiger partial charge < -0.3 is 9.72 Å². The van der Waals surface area contributed by atoms with E-state index < -0.39 is 5.97 Å². The van der Waals surface area contributed by atoms with Gasteiger partial charge in [-0.3, -0.25) is 9.97 Å². The first-order valence-electron chi connectivity index (χ1n) is 7.77. The van der Waals surface area contributed by atoms with Crippen molar-refractivity contribution in [3.8, 4) is 22.8 Å². The summed E-state index contributed by atoms with van der Waals surface area (Å²) < 4.78 is 5.53. The van der Waals surface area contributed by atoms with Crippen molar-refractivity contribution >= 4 is 44.7 Å². The number of pyridine rings is 3. The maximum Gasteiger partial charge on any atom is 0.339 e. The predicted molar refractivity (Wildman–Crippen MR) is 104 cm³/mol. The molecule has 4 rings (SSSR count). The van der Waals surface area contributed by atoms with Gasteiger partial charge in [0.15, 0.2) is 11.5 Å². The number of halogens is 2. The average molecular weight is 445 g/mol. The second kappa shape index (κ2) is 7.05. The van der Waals surface area contributed by atoms with Crippen LogP contribution in [0.2, 0.25) is 5.02 Å². The largest absolute Gasteiger partial charge is 0.465 e. The van der Waals surface area contributed by atoms with Gasteiger partial charge in [-0.25, -0.2) is 14.8 Å².